The van der Waals surface area contributed by atoms with Crippen molar-refractivity contribution in [3.05, 3.63) is 35.3 Å². The van der Waals surface area contributed by atoms with Gasteiger partial charge in [-0.15, -0.1) is 0 Å². The molecule has 168 valence electrons. The highest BCUT2D eigenvalue weighted by atomic mass is 19.4. The zero-order valence-corrected chi connectivity index (χ0v) is 16.8. The molecule has 0 saturated heterocycles. The molecule has 7 atom stereocenters. The van der Waals surface area contributed by atoms with E-state index in [2.05, 4.69) is 6.08 Å². The van der Waals surface area contributed by atoms with Crippen molar-refractivity contribution in [3.8, 4) is 11.5 Å². The Hall–Kier alpha value is -2.55. The molecular formula is C23H19F3O6. The zero-order valence-electron chi connectivity index (χ0n) is 16.8. The van der Waals surface area contributed by atoms with Crippen molar-refractivity contribution in [2.75, 3.05) is 0 Å². The molecule has 0 spiro atoms. The predicted octanol–water partition coefficient (Wildman–Crippen LogP) is 3.37. The van der Waals surface area contributed by atoms with Crippen LogP contribution >= 0.6 is 0 Å². The number of aliphatic hydroxyl groups is 1. The normalized spacial score (nSPS) is 42.2. The quantitative estimate of drug-likeness (QED) is 0.564. The van der Waals surface area contributed by atoms with E-state index in [1.54, 1.807) is 0 Å². The first-order chi connectivity index (χ1) is 15.1. The molecule has 2 fully saturated rings. The molecular weight excluding hydrogens is 429 g/mol. The van der Waals surface area contributed by atoms with Crippen LogP contribution in [0.2, 0.25) is 0 Å². The second-order valence-electron chi connectivity index (χ2n) is 10.1. The van der Waals surface area contributed by atoms with Gasteiger partial charge in [0.05, 0.1) is 5.92 Å². The van der Waals surface area contributed by atoms with E-state index in [-0.39, 0.29) is 47.9 Å². The van der Waals surface area contributed by atoms with Crippen molar-refractivity contribution in [2.45, 2.75) is 49.3 Å². The summed E-state index contributed by atoms with van der Waals surface area (Å²) in [6, 6.07) is 0. The molecule has 1 aromatic heterocycles. The molecule has 6 aliphatic rings. The first-order valence-electron chi connectivity index (χ1n) is 10.9. The molecule has 7 rings (SSSR count). The SMILES string of the molecule is O=C(Oc1c2oc3c1OC(=O)C3(C1=CC3CC1CC3(O)C(F)(F)F)C2)C1CC2C=CC1C2. The summed E-state index contributed by atoms with van der Waals surface area (Å²) in [7, 11) is 0. The summed E-state index contributed by atoms with van der Waals surface area (Å²) in [5.41, 5.74) is -3.56. The Labute approximate surface area is 180 Å². The van der Waals surface area contributed by atoms with Crippen LogP contribution in [0.1, 0.15) is 37.2 Å². The van der Waals surface area contributed by atoms with E-state index in [9.17, 15) is 27.9 Å². The Morgan fingerprint density at radius 1 is 1.22 bits per heavy atom. The van der Waals surface area contributed by atoms with Gasteiger partial charge in [-0.25, -0.2) is 0 Å². The van der Waals surface area contributed by atoms with Gasteiger partial charge in [-0.1, -0.05) is 18.2 Å². The van der Waals surface area contributed by atoms with Gasteiger partial charge in [-0.05, 0) is 49.0 Å². The number of carbonyl (C=O) groups excluding carboxylic acids is 2. The van der Waals surface area contributed by atoms with Crippen LogP contribution in [0.3, 0.4) is 0 Å². The molecule has 9 heteroatoms. The molecule has 2 aliphatic heterocycles. The van der Waals surface area contributed by atoms with Crippen LogP contribution in [-0.2, 0) is 21.4 Å². The number of allylic oxidation sites excluding steroid dienone is 2. The highest BCUT2D eigenvalue weighted by Gasteiger charge is 2.70. The third kappa shape index (κ3) is 2.02. The number of hydrogen-bond acceptors (Lipinski definition) is 6. The highest BCUT2D eigenvalue weighted by Crippen LogP contribution is 2.66. The first-order valence-corrected chi connectivity index (χ1v) is 10.9. The summed E-state index contributed by atoms with van der Waals surface area (Å²) in [6.07, 6.45) is 2.19. The minimum absolute atomic E-state index is 0.0589. The van der Waals surface area contributed by atoms with E-state index in [1.165, 1.54) is 6.08 Å². The van der Waals surface area contributed by atoms with Gasteiger partial charge in [-0.2, -0.15) is 13.2 Å². The highest BCUT2D eigenvalue weighted by molar-refractivity contribution is 5.97. The average Bonchev–Trinajstić information content (AvgIpc) is 3.53. The number of furan rings is 1. The lowest BCUT2D eigenvalue weighted by Gasteiger charge is -2.35. The molecule has 1 aromatic rings. The molecule has 6 bridgehead atoms. The standard InChI is InChI=1S/C23H19F3O6/c24-23(25,26)22(29)7-11-5-12(22)6-14(11)21-8-15-16(17(18(21)30-15)32-20(21)28)31-19(27)13-4-9-1-2-10(13)3-9/h1-2,6,9-13,29H,3-5,7-8H2. The van der Waals surface area contributed by atoms with Crippen LogP contribution in [0.15, 0.2) is 28.2 Å². The topological polar surface area (TPSA) is 86.0 Å². The Balaban J connectivity index is 1.20. The number of carbonyl (C=O) groups is 2. The fraction of sp³-hybridized carbons (Fsp3) is 0.565. The molecule has 32 heavy (non-hydrogen) atoms. The van der Waals surface area contributed by atoms with Crippen LogP contribution in [-0.4, -0.2) is 28.8 Å². The Kier molecular flexibility index (Phi) is 3.26. The van der Waals surface area contributed by atoms with Crippen molar-refractivity contribution < 1.29 is 41.8 Å². The number of rotatable bonds is 3. The van der Waals surface area contributed by atoms with Gasteiger partial charge in [0.2, 0.25) is 11.5 Å². The van der Waals surface area contributed by atoms with Crippen molar-refractivity contribution >= 4 is 11.9 Å². The summed E-state index contributed by atoms with van der Waals surface area (Å²) in [5.74, 6) is -1.68. The fourth-order valence-corrected chi connectivity index (χ4v) is 7.01. The summed E-state index contributed by atoms with van der Waals surface area (Å²) in [4.78, 5) is 25.8. The van der Waals surface area contributed by atoms with Gasteiger partial charge in [0.1, 0.15) is 0 Å². The minimum atomic E-state index is -4.74. The predicted molar refractivity (Wildman–Crippen MR) is 99.5 cm³/mol. The molecule has 7 unspecified atom stereocenters. The van der Waals surface area contributed by atoms with Gasteiger partial charge >= 0.3 is 18.1 Å². The summed E-state index contributed by atoms with van der Waals surface area (Å²) in [5, 5.41) is 10.2. The van der Waals surface area contributed by atoms with Crippen molar-refractivity contribution in [2.24, 2.45) is 29.6 Å². The van der Waals surface area contributed by atoms with Crippen LogP contribution in [0.25, 0.3) is 0 Å². The molecule has 3 heterocycles. The van der Waals surface area contributed by atoms with E-state index in [1.807, 2.05) is 6.08 Å². The van der Waals surface area contributed by atoms with Crippen LogP contribution < -0.4 is 9.47 Å². The maximum absolute atomic E-state index is 13.4. The Bertz CT molecular complexity index is 1160. The number of alkyl halides is 3. The van der Waals surface area contributed by atoms with Crippen molar-refractivity contribution in [3.63, 3.8) is 0 Å². The Morgan fingerprint density at radius 2 is 2.03 bits per heavy atom. The van der Waals surface area contributed by atoms with E-state index in [4.69, 9.17) is 13.9 Å². The summed E-state index contributed by atoms with van der Waals surface area (Å²) >= 11 is 0. The van der Waals surface area contributed by atoms with Gasteiger partial charge < -0.3 is 19.0 Å². The smallest absolute Gasteiger partial charge is 0.417 e. The van der Waals surface area contributed by atoms with Crippen LogP contribution in [0, 0.1) is 29.6 Å². The number of fused-ring (bicyclic) bond motifs is 5. The fourth-order valence-electron chi connectivity index (χ4n) is 7.01. The summed E-state index contributed by atoms with van der Waals surface area (Å²) in [6.45, 7) is 0. The first kappa shape index (κ1) is 19.0. The average molecular weight is 448 g/mol. The van der Waals surface area contributed by atoms with Gasteiger partial charge in [0, 0.05) is 12.3 Å². The molecule has 4 aliphatic carbocycles. The second kappa shape index (κ2) is 5.50. The maximum atomic E-state index is 13.4. The van der Waals surface area contributed by atoms with Crippen molar-refractivity contribution in [1.82, 2.24) is 0 Å². The van der Waals surface area contributed by atoms with E-state index in [0.29, 0.717) is 17.3 Å². The van der Waals surface area contributed by atoms with E-state index in [0.717, 1.165) is 12.8 Å². The monoisotopic (exact) mass is 448 g/mol. The van der Waals surface area contributed by atoms with E-state index >= 15 is 0 Å². The van der Waals surface area contributed by atoms with E-state index < -0.39 is 41.4 Å². The van der Waals surface area contributed by atoms with Crippen LogP contribution in [0.5, 0.6) is 11.5 Å². The zero-order chi connectivity index (χ0) is 22.2. The summed E-state index contributed by atoms with van der Waals surface area (Å²) < 4.78 is 57.1. The van der Waals surface area contributed by atoms with Crippen LogP contribution in [0.4, 0.5) is 13.2 Å². The molecule has 0 radical (unpaired) electrons. The number of esters is 2. The molecule has 6 nitrogen and oxygen atoms in total. The number of ether oxygens (including phenoxy) is 2. The lowest BCUT2D eigenvalue weighted by molar-refractivity contribution is -0.269. The minimum Gasteiger partial charge on any atom is -0.456 e. The third-order valence-corrected chi connectivity index (χ3v) is 8.55. The number of halogens is 3. The molecule has 0 amide bonds. The Morgan fingerprint density at radius 3 is 2.66 bits per heavy atom. The second-order valence-corrected chi connectivity index (χ2v) is 10.1. The lowest BCUT2D eigenvalue weighted by atomic mass is 9.68. The van der Waals surface area contributed by atoms with Gasteiger partial charge in [0.25, 0.3) is 0 Å². The molecule has 1 N–H and O–H groups in total. The molecule has 0 aromatic carbocycles. The van der Waals surface area contributed by atoms with Gasteiger partial charge in [-0.3, -0.25) is 9.59 Å². The van der Waals surface area contributed by atoms with Crippen molar-refractivity contribution in [1.29, 1.82) is 0 Å². The maximum Gasteiger partial charge on any atom is 0.417 e. The largest absolute Gasteiger partial charge is 0.456 e. The third-order valence-electron chi connectivity index (χ3n) is 8.55. The lowest BCUT2D eigenvalue weighted by Crippen LogP contribution is -2.50. The number of hydrogen-bond donors (Lipinski definition) is 1. The van der Waals surface area contributed by atoms with Gasteiger partial charge in [0.15, 0.2) is 22.5 Å². The molecule has 2 saturated carbocycles.